The normalized spacial score (nSPS) is 15.1. The number of nitrogens with zero attached hydrogens (tertiary/aromatic N) is 1. The Morgan fingerprint density at radius 1 is 1.12 bits per heavy atom. The summed E-state index contributed by atoms with van der Waals surface area (Å²) in [5.74, 6) is 0.786. The van der Waals surface area contributed by atoms with Gasteiger partial charge in [-0.3, -0.25) is 4.98 Å². The Labute approximate surface area is 99.5 Å². The second kappa shape index (κ2) is 6.64. The van der Waals surface area contributed by atoms with Crippen LogP contribution in [-0.4, -0.2) is 11.0 Å². The second-order valence-electron chi connectivity index (χ2n) is 5.02. The van der Waals surface area contributed by atoms with Crippen LogP contribution in [0.15, 0.2) is 24.4 Å². The van der Waals surface area contributed by atoms with Crippen molar-refractivity contribution in [3.8, 4) is 0 Å². The number of hydrogen-bond acceptors (Lipinski definition) is 2. The van der Waals surface area contributed by atoms with E-state index < -0.39 is 0 Å². The van der Waals surface area contributed by atoms with Crippen LogP contribution in [0.5, 0.6) is 0 Å². The molecule has 2 atom stereocenters. The van der Waals surface area contributed by atoms with Gasteiger partial charge in [-0.15, -0.1) is 0 Å². The van der Waals surface area contributed by atoms with Gasteiger partial charge in [-0.1, -0.05) is 19.9 Å². The number of hydrogen-bond donors (Lipinski definition) is 1. The van der Waals surface area contributed by atoms with Gasteiger partial charge in [-0.25, -0.2) is 0 Å². The first-order valence-electron chi connectivity index (χ1n) is 6.26. The van der Waals surface area contributed by atoms with Crippen molar-refractivity contribution in [3.63, 3.8) is 0 Å². The minimum Gasteiger partial charge on any atom is -0.306 e. The highest BCUT2D eigenvalue weighted by atomic mass is 15.0. The molecular formula is C14H24N2. The van der Waals surface area contributed by atoms with Crippen LogP contribution in [0.1, 0.15) is 52.3 Å². The molecule has 0 fully saturated rings. The highest BCUT2D eigenvalue weighted by Crippen LogP contribution is 2.12. The molecule has 2 unspecified atom stereocenters. The lowest BCUT2D eigenvalue weighted by molar-refractivity contribution is 0.413. The average molecular weight is 220 g/mol. The summed E-state index contributed by atoms with van der Waals surface area (Å²) in [6, 6.07) is 6.97. The topological polar surface area (TPSA) is 24.9 Å². The lowest BCUT2D eigenvalue weighted by Gasteiger charge is -2.20. The van der Waals surface area contributed by atoms with E-state index in [-0.39, 0.29) is 0 Å². The van der Waals surface area contributed by atoms with Crippen molar-refractivity contribution in [2.75, 3.05) is 0 Å². The van der Waals surface area contributed by atoms with E-state index in [4.69, 9.17) is 0 Å². The van der Waals surface area contributed by atoms with Crippen LogP contribution in [0.25, 0.3) is 0 Å². The molecule has 0 saturated heterocycles. The van der Waals surface area contributed by atoms with E-state index in [0.717, 1.165) is 11.6 Å². The van der Waals surface area contributed by atoms with Crippen LogP contribution in [0, 0.1) is 5.92 Å². The first-order valence-corrected chi connectivity index (χ1v) is 6.26. The first-order chi connectivity index (χ1) is 7.59. The Bertz CT molecular complexity index is 282. The fourth-order valence-corrected chi connectivity index (χ4v) is 1.81. The van der Waals surface area contributed by atoms with Gasteiger partial charge in [0.1, 0.15) is 0 Å². The van der Waals surface area contributed by atoms with Crippen molar-refractivity contribution in [2.24, 2.45) is 5.92 Å². The maximum absolute atomic E-state index is 4.36. The molecule has 90 valence electrons. The van der Waals surface area contributed by atoms with E-state index >= 15 is 0 Å². The molecule has 0 spiro atoms. The van der Waals surface area contributed by atoms with Crippen molar-refractivity contribution in [3.05, 3.63) is 30.1 Å². The summed E-state index contributed by atoms with van der Waals surface area (Å²) in [5.41, 5.74) is 1.12. The van der Waals surface area contributed by atoms with Gasteiger partial charge in [0.2, 0.25) is 0 Å². The third kappa shape index (κ3) is 4.75. The van der Waals surface area contributed by atoms with E-state index in [1.165, 1.54) is 12.8 Å². The Kier molecular flexibility index (Phi) is 5.47. The molecule has 16 heavy (non-hydrogen) atoms. The summed E-state index contributed by atoms with van der Waals surface area (Å²) in [4.78, 5) is 4.36. The van der Waals surface area contributed by atoms with Crippen LogP contribution in [-0.2, 0) is 0 Å². The number of pyridine rings is 1. The average Bonchev–Trinajstić information content (AvgIpc) is 2.27. The molecule has 0 amide bonds. The molecule has 0 aliphatic heterocycles. The number of aromatic nitrogens is 1. The zero-order valence-electron chi connectivity index (χ0n) is 10.9. The second-order valence-corrected chi connectivity index (χ2v) is 5.02. The molecule has 1 rings (SSSR count). The van der Waals surface area contributed by atoms with E-state index in [0.29, 0.717) is 12.1 Å². The first kappa shape index (κ1) is 13.2. The third-order valence-electron chi connectivity index (χ3n) is 2.84. The predicted molar refractivity (Wildman–Crippen MR) is 69.3 cm³/mol. The van der Waals surface area contributed by atoms with Gasteiger partial charge in [0, 0.05) is 18.3 Å². The SMILES string of the molecule is CC(C)CCC(C)NC(C)c1ccccn1. The van der Waals surface area contributed by atoms with Crippen molar-refractivity contribution < 1.29 is 0 Å². The maximum atomic E-state index is 4.36. The lowest BCUT2D eigenvalue weighted by atomic mass is 10.0. The Morgan fingerprint density at radius 3 is 2.44 bits per heavy atom. The Morgan fingerprint density at radius 2 is 1.88 bits per heavy atom. The zero-order chi connectivity index (χ0) is 12.0. The van der Waals surface area contributed by atoms with Crippen LogP contribution >= 0.6 is 0 Å². The Hall–Kier alpha value is -0.890. The van der Waals surface area contributed by atoms with E-state index in [1.54, 1.807) is 0 Å². The molecule has 0 bridgehead atoms. The third-order valence-corrected chi connectivity index (χ3v) is 2.84. The molecule has 0 saturated carbocycles. The van der Waals surface area contributed by atoms with Crippen LogP contribution in [0.2, 0.25) is 0 Å². The highest BCUT2D eigenvalue weighted by molar-refractivity contribution is 5.07. The van der Waals surface area contributed by atoms with Crippen molar-refractivity contribution >= 4 is 0 Å². The van der Waals surface area contributed by atoms with Gasteiger partial charge in [-0.2, -0.15) is 0 Å². The monoisotopic (exact) mass is 220 g/mol. The summed E-state index contributed by atoms with van der Waals surface area (Å²) < 4.78 is 0. The molecule has 1 N–H and O–H groups in total. The standard InChI is InChI=1S/C14H24N2/c1-11(2)8-9-12(3)16-13(4)14-7-5-6-10-15-14/h5-7,10-13,16H,8-9H2,1-4H3. The van der Waals surface area contributed by atoms with E-state index in [2.05, 4.69) is 44.1 Å². The van der Waals surface area contributed by atoms with Gasteiger partial charge in [0.25, 0.3) is 0 Å². The summed E-state index contributed by atoms with van der Waals surface area (Å²) >= 11 is 0. The minimum absolute atomic E-state index is 0.336. The molecule has 0 aliphatic carbocycles. The van der Waals surface area contributed by atoms with Crippen molar-refractivity contribution in [1.82, 2.24) is 10.3 Å². The van der Waals surface area contributed by atoms with Crippen LogP contribution in [0.4, 0.5) is 0 Å². The molecule has 0 aliphatic rings. The van der Waals surface area contributed by atoms with Crippen molar-refractivity contribution in [2.45, 2.75) is 52.6 Å². The molecular weight excluding hydrogens is 196 g/mol. The lowest BCUT2D eigenvalue weighted by Crippen LogP contribution is -2.29. The zero-order valence-corrected chi connectivity index (χ0v) is 10.9. The fourth-order valence-electron chi connectivity index (χ4n) is 1.81. The molecule has 2 heteroatoms. The van der Waals surface area contributed by atoms with E-state index in [1.807, 2.05) is 18.3 Å². The van der Waals surface area contributed by atoms with Crippen LogP contribution in [0.3, 0.4) is 0 Å². The summed E-state index contributed by atoms with van der Waals surface area (Å²) in [7, 11) is 0. The molecule has 1 aromatic rings. The molecule has 0 radical (unpaired) electrons. The summed E-state index contributed by atoms with van der Waals surface area (Å²) in [6.45, 7) is 8.97. The summed E-state index contributed by atoms with van der Waals surface area (Å²) in [5, 5.41) is 3.59. The number of nitrogens with one attached hydrogen (secondary N) is 1. The van der Waals surface area contributed by atoms with Gasteiger partial charge in [0.15, 0.2) is 0 Å². The maximum Gasteiger partial charge on any atom is 0.0570 e. The van der Waals surface area contributed by atoms with Gasteiger partial charge in [-0.05, 0) is 44.7 Å². The molecule has 0 aromatic carbocycles. The highest BCUT2D eigenvalue weighted by Gasteiger charge is 2.10. The Balaban J connectivity index is 2.36. The predicted octanol–water partition coefficient (Wildman–Crippen LogP) is 3.56. The molecule has 2 nitrogen and oxygen atoms in total. The smallest absolute Gasteiger partial charge is 0.0570 e. The van der Waals surface area contributed by atoms with Crippen molar-refractivity contribution in [1.29, 1.82) is 0 Å². The molecule has 1 aromatic heterocycles. The quantitative estimate of drug-likeness (QED) is 0.793. The number of rotatable bonds is 6. The van der Waals surface area contributed by atoms with Gasteiger partial charge >= 0.3 is 0 Å². The fraction of sp³-hybridized carbons (Fsp3) is 0.643. The largest absolute Gasteiger partial charge is 0.306 e. The van der Waals surface area contributed by atoms with Gasteiger partial charge < -0.3 is 5.32 Å². The minimum atomic E-state index is 0.336. The van der Waals surface area contributed by atoms with Gasteiger partial charge in [0.05, 0.1) is 5.69 Å². The summed E-state index contributed by atoms with van der Waals surface area (Å²) in [6.07, 6.45) is 4.37. The molecule has 1 heterocycles. The van der Waals surface area contributed by atoms with E-state index in [9.17, 15) is 0 Å². The van der Waals surface area contributed by atoms with Crippen LogP contribution < -0.4 is 5.32 Å².